The Hall–Kier alpha value is -2.73. The van der Waals surface area contributed by atoms with Crippen molar-refractivity contribution in [3.05, 3.63) is 65.1 Å². The van der Waals surface area contributed by atoms with Gasteiger partial charge in [0.2, 0.25) is 5.95 Å². The molecule has 5 nitrogen and oxygen atoms in total. The van der Waals surface area contributed by atoms with Gasteiger partial charge in [0.15, 0.2) is 5.82 Å². The van der Waals surface area contributed by atoms with E-state index in [1.807, 2.05) is 19.1 Å². The lowest BCUT2D eigenvalue weighted by molar-refractivity contribution is 0.632. The number of hydrogen-bond acceptors (Lipinski definition) is 5. The SMILES string of the molecule is Cc1ccc(Nc2nncc(Nc3ccccc3F)n2)cc1Cl. The number of halogens is 2. The minimum absolute atomic E-state index is 0.284. The standard InChI is InChI=1S/C16H13ClFN5/c1-10-6-7-11(8-12(10)17)20-16-22-15(9-19-23-16)21-14-5-3-2-4-13(14)18/h2-9H,1H3,(H2,20,21,22,23). The molecule has 3 rings (SSSR count). The highest BCUT2D eigenvalue weighted by Gasteiger charge is 2.05. The molecule has 0 saturated carbocycles. The van der Waals surface area contributed by atoms with Gasteiger partial charge in [0.1, 0.15) is 5.82 Å². The van der Waals surface area contributed by atoms with Crippen molar-refractivity contribution >= 4 is 34.7 Å². The van der Waals surface area contributed by atoms with E-state index < -0.39 is 0 Å². The molecule has 1 heterocycles. The summed E-state index contributed by atoms with van der Waals surface area (Å²) in [6, 6.07) is 11.9. The normalized spacial score (nSPS) is 10.4. The van der Waals surface area contributed by atoms with E-state index in [0.717, 1.165) is 11.3 Å². The fraction of sp³-hybridized carbons (Fsp3) is 0.0625. The first-order valence-corrected chi connectivity index (χ1v) is 7.24. The summed E-state index contributed by atoms with van der Waals surface area (Å²) in [6.45, 7) is 1.92. The molecule has 0 unspecified atom stereocenters. The van der Waals surface area contributed by atoms with Crippen LogP contribution >= 0.6 is 11.6 Å². The van der Waals surface area contributed by atoms with Crippen LogP contribution in [0.4, 0.5) is 27.5 Å². The Balaban J connectivity index is 1.79. The van der Waals surface area contributed by atoms with Crippen LogP contribution in [0.2, 0.25) is 5.02 Å². The van der Waals surface area contributed by atoms with Crippen molar-refractivity contribution in [1.82, 2.24) is 15.2 Å². The second kappa shape index (κ2) is 6.58. The Bertz CT molecular complexity index is 840. The van der Waals surface area contributed by atoms with Crippen molar-refractivity contribution in [1.29, 1.82) is 0 Å². The molecule has 0 radical (unpaired) electrons. The van der Waals surface area contributed by atoms with Gasteiger partial charge in [-0.05, 0) is 36.8 Å². The van der Waals surface area contributed by atoms with Crippen LogP contribution in [0.1, 0.15) is 5.56 Å². The zero-order chi connectivity index (χ0) is 16.2. The summed E-state index contributed by atoms with van der Waals surface area (Å²) in [5.41, 5.74) is 2.04. The monoisotopic (exact) mass is 329 g/mol. The molecule has 0 bridgehead atoms. The van der Waals surface area contributed by atoms with Gasteiger partial charge in [0.05, 0.1) is 11.9 Å². The van der Waals surface area contributed by atoms with Gasteiger partial charge in [-0.25, -0.2) is 4.39 Å². The van der Waals surface area contributed by atoms with E-state index in [4.69, 9.17) is 11.6 Å². The van der Waals surface area contributed by atoms with E-state index in [1.54, 1.807) is 24.3 Å². The molecule has 0 saturated heterocycles. The first kappa shape index (κ1) is 15.2. The molecule has 7 heteroatoms. The molecule has 0 amide bonds. The third kappa shape index (κ3) is 3.73. The second-order valence-electron chi connectivity index (χ2n) is 4.86. The van der Waals surface area contributed by atoms with Crippen LogP contribution in [0, 0.1) is 12.7 Å². The molecular formula is C16H13ClFN5. The summed E-state index contributed by atoms with van der Waals surface area (Å²) < 4.78 is 13.6. The lowest BCUT2D eigenvalue weighted by Gasteiger charge is -2.09. The van der Waals surface area contributed by atoms with Crippen LogP contribution in [0.3, 0.4) is 0 Å². The van der Waals surface area contributed by atoms with E-state index in [9.17, 15) is 4.39 Å². The van der Waals surface area contributed by atoms with Crippen LogP contribution in [0.15, 0.2) is 48.7 Å². The molecule has 0 atom stereocenters. The van der Waals surface area contributed by atoms with E-state index in [2.05, 4.69) is 25.8 Å². The summed E-state index contributed by atoms with van der Waals surface area (Å²) in [6.07, 6.45) is 1.42. The number of aromatic nitrogens is 3. The zero-order valence-corrected chi connectivity index (χ0v) is 13.0. The third-order valence-corrected chi connectivity index (χ3v) is 3.53. The number of hydrogen-bond donors (Lipinski definition) is 2. The number of benzene rings is 2. The molecule has 116 valence electrons. The lowest BCUT2D eigenvalue weighted by Crippen LogP contribution is -2.03. The molecule has 0 fully saturated rings. The summed E-state index contributed by atoms with van der Waals surface area (Å²) >= 11 is 6.09. The minimum Gasteiger partial charge on any atom is -0.336 e. The van der Waals surface area contributed by atoms with Gasteiger partial charge in [-0.2, -0.15) is 10.1 Å². The molecule has 1 aromatic heterocycles. The first-order valence-electron chi connectivity index (χ1n) is 6.86. The number of rotatable bonds is 4. The van der Waals surface area contributed by atoms with Gasteiger partial charge >= 0.3 is 0 Å². The van der Waals surface area contributed by atoms with Crippen LogP contribution < -0.4 is 10.6 Å². The molecule has 0 spiro atoms. The van der Waals surface area contributed by atoms with Crippen LogP contribution in [-0.2, 0) is 0 Å². The molecule has 0 aliphatic heterocycles. The van der Waals surface area contributed by atoms with E-state index in [0.29, 0.717) is 16.5 Å². The number of nitrogens with one attached hydrogen (secondary N) is 2. The van der Waals surface area contributed by atoms with Crippen molar-refractivity contribution in [3.63, 3.8) is 0 Å². The van der Waals surface area contributed by atoms with Gasteiger partial charge in [0, 0.05) is 10.7 Å². The number of para-hydroxylation sites is 1. The van der Waals surface area contributed by atoms with E-state index in [1.165, 1.54) is 12.3 Å². The fourth-order valence-electron chi connectivity index (χ4n) is 1.92. The summed E-state index contributed by atoms with van der Waals surface area (Å²) in [7, 11) is 0. The average molecular weight is 330 g/mol. The average Bonchev–Trinajstić information content (AvgIpc) is 2.54. The Morgan fingerprint density at radius 1 is 1.09 bits per heavy atom. The number of nitrogens with zero attached hydrogens (tertiary/aromatic N) is 3. The Morgan fingerprint density at radius 2 is 1.91 bits per heavy atom. The Labute approximate surface area is 137 Å². The van der Waals surface area contributed by atoms with E-state index >= 15 is 0 Å². The highest BCUT2D eigenvalue weighted by molar-refractivity contribution is 6.31. The number of aryl methyl sites for hydroxylation is 1. The third-order valence-electron chi connectivity index (χ3n) is 3.12. The highest BCUT2D eigenvalue weighted by atomic mass is 35.5. The summed E-state index contributed by atoms with van der Waals surface area (Å²) in [5.74, 6) is 0.294. The predicted molar refractivity (Wildman–Crippen MR) is 89.0 cm³/mol. The smallest absolute Gasteiger partial charge is 0.249 e. The van der Waals surface area contributed by atoms with Gasteiger partial charge in [-0.3, -0.25) is 0 Å². The van der Waals surface area contributed by atoms with Crippen molar-refractivity contribution < 1.29 is 4.39 Å². The summed E-state index contributed by atoms with van der Waals surface area (Å²) in [5, 5.41) is 14.3. The maximum Gasteiger partial charge on any atom is 0.249 e. The van der Waals surface area contributed by atoms with E-state index in [-0.39, 0.29) is 11.8 Å². The summed E-state index contributed by atoms with van der Waals surface area (Å²) in [4.78, 5) is 4.25. The van der Waals surface area contributed by atoms with Crippen molar-refractivity contribution in [2.24, 2.45) is 0 Å². The van der Waals surface area contributed by atoms with Gasteiger partial charge in [0.25, 0.3) is 0 Å². The van der Waals surface area contributed by atoms with Crippen molar-refractivity contribution in [2.75, 3.05) is 10.6 Å². The molecule has 2 N–H and O–H groups in total. The second-order valence-corrected chi connectivity index (χ2v) is 5.27. The fourth-order valence-corrected chi connectivity index (χ4v) is 2.10. The van der Waals surface area contributed by atoms with Crippen molar-refractivity contribution in [3.8, 4) is 0 Å². The van der Waals surface area contributed by atoms with Gasteiger partial charge < -0.3 is 10.6 Å². The molecule has 23 heavy (non-hydrogen) atoms. The first-order chi connectivity index (χ1) is 11.1. The van der Waals surface area contributed by atoms with Crippen LogP contribution in [-0.4, -0.2) is 15.2 Å². The molecule has 0 aliphatic carbocycles. The van der Waals surface area contributed by atoms with Crippen LogP contribution in [0.25, 0.3) is 0 Å². The minimum atomic E-state index is -0.370. The maximum atomic E-state index is 13.6. The molecule has 0 aliphatic rings. The van der Waals surface area contributed by atoms with Gasteiger partial charge in [-0.15, -0.1) is 5.10 Å². The molecular weight excluding hydrogens is 317 g/mol. The topological polar surface area (TPSA) is 62.7 Å². The van der Waals surface area contributed by atoms with Crippen molar-refractivity contribution in [2.45, 2.75) is 6.92 Å². The molecule has 3 aromatic rings. The largest absolute Gasteiger partial charge is 0.336 e. The Morgan fingerprint density at radius 3 is 2.70 bits per heavy atom. The zero-order valence-electron chi connectivity index (χ0n) is 12.2. The van der Waals surface area contributed by atoms with Crippen LogP contribution in [0.5, 0.6) is 0 Å². The maximum absolute atomic E-state index is 13.6. The van der Waals surface area contributed by atoms with Gasteiger partial charge in [-0.1, -0.05) is 29.8 Å². The Kier molecular flexibility index (Phi) is 4.34. The molecule has 2 aromatic carbocycles. The quantitative estimate of drug-likeness (QED) is 0.740. The predicted octanol–water partition coefficient (Wildman–Crippen LogP) is 4.46. The highest BCUT2D eigenvalue weighted by Crippen LogP contribution is 2.22. The lowest BCUT2D eigenvalue weighted by atomic mass is 10.2. The number of anilines is 4.